The van der Waals surface area contributed by atoms with Crippen LogP contribution >= 0.6 is 11.6 Å². The molecule has 1 aliphatic rings. The van der Waals surface area contributed by atoms with Gasteiger partial charge in [-0.05, 0) is 30.2 Å². The topological polar surface area (TPSA) is 45.6 Å². The molecule has 150 valence electrons. The fourth-order valence-corrected chi connectivity index (χ4v) is 4.06. The molecule has 1 aliphatic heterocycles. The maximum Gasteiger partial charge on any atom is 0.254 e. The van der Waals surface area contributed by atoms with Crippen molar-refractivity contribution in [3.05, 3.63) is 81.1 Å². The Morgan fingerprint density at radius 1 is 1.00 bits per heavy atom. The summed E-state index contributed by atoms with van der Waals surface area (Å²) >= 11 is 5.97. The largest absolute Gasteiger partial charge is 0.337 e. The van der Waals surface area contributed by atoms with Gasteiger partial charge in [-0.15, -0.1) is 0 Å². The smallest absolute Gasteiger partial charge is 0.254 e. The highest BCUT2D eigenvalue weighted by molar-refractivity contribution is 6.30. The van der Waals surface area contributed by atoms with Gasteiger partial charge < -0.3 is 9.47 Å². The van der Waals surface area contributed by atoms with Crippen LogP contribution in [0.5, 0.6) is 0 Å². The second kappa shape index (κ2) is 8.39. The minimum atomic E-state index is -0.161. The zero-order chi connectivity index (χ0) is 20.4. The second-order valence-corrected chi connectivity index (χ2v) is 7.96. The lowest BCUT2D eigenvalue weighted by molar-refractivity contribution is 0.0763. The van der Waals surface area contributed by atoms with E-state index in [1.54, 1.807) is 11.6 Å². The summed E-state index contributed by atoms with van der Waals surface area (Å²) in [5, 5.41) is 1.56. The number of aromatic nitrogens is 1. The summed E-state index contributed by atoms with van der Waals surface area (Å²) in [5.74, 6) is -0.0627. The number of pyridine rings is 1. The second-order valence-electron chi connectivity index (χ2n) is 7.52. The van der Waals surface area contributed by atoms with E-state index >= 15 is 0 Å². The van der Waals surface area contributed by atoms with Gasteiger partial charge in [0.05, 0.1) is 11.1 Å². The van der Waals surface area contributed by atoms with Gasteiger partial charge in [-0.1, -0.05) is 41.9 Å². The van der Waals surface area contributed by atoms with Crippen LogP contribution in [-0.2, 0) is 13.6 Å². The van der Waals surface area contributed by atoms with Crippen LogP contribution < -0.4 is 5.56 Å². The molecule has 0 radical (unpaired) electrons. The molecule has 0 saturated carbocycles. The van der Waals surface area contributed by atoms with Crippen molar-refractivity contribution >= 4 is 28.4 Å². The monoisotopic (exact) mass is 409 g/mol. The molecular weight excluding hydrogens is 386 g/mol. The predicted octanol–water partition coefficient (Wildman–Crippen LogP) is 3.54. The Kier molecular flexibility index (Phi) is 5.69. The fraction of sp³-hybridized carbons (Fsp3) is 0.304. The van der Waals surface area contributed by atoms with E-state index in [4.69, 9.17) is 11.6 Å². The minimum Gasteiger partial charge on any atom is -0.337 e. The van der Waals surface area contributed by atoms with Crippen molar-refractivity contribution in [1.29, 1.82) is 0 Å². The molecule has 6 heteroatoms. The number of amides is 1. The number of fused-ring (bicyclic) bond motifs is 1. The minimum absolute atomic E-state index is 0.0627. The highest BCUT2D eigenvalue weighted by atomic mass is 35.5. The molecule has 1 amide bonds. The van der Waals surface area contributed by atoms with Crippen molar-refractivity contribution in [2.24, 2.45) is 7.05 Å². The number of aryl methyl sites for hydroxylation is 1. The molecule has 1 aromatic heterocycles. The summed E-state index contributed by atoms with van der Waals surface area (Å²) in [4.78, 5) is 29.9. The number of carbonyl (C=O) groups is 1. The standard InChI is InChI=1S/C23H24ClN3O2/c1-25-21-6-3-2-5-19(21)20(15-22(25)28)23(29)27-12-4-11-26(13-14-27)16-17-7-9-18(24)10-8-17/h2-3,5-10,15H,4,11-14,16H2,1H3. The van der Waals surface area contributed by atoms with Crippen LogP contribution in [0.25, 0.3) is 10.9 Å². The Balaban J connectivity index is 1.52. The summed E-state index contributed by atoms with van der Waals surface area (Å²) in [6, 6.07) is 17.0. The van der Waals surface area contributed by atoms with E-state index in [1.165, 1.54) is 11.6 Å². The first-order valence-electron chi connectivity index (χ1n) is 9.88. The van der Waals surface area contributed by atoms with E-state index in [-0.39, 0.29) is 11.5 Å². The highest BCUT2D eigenvalue weighted by Crippen LogP contribution is 2.19. The molecule has 0 atom stereocenters. The van der Waals surface area contributed by atoms with Crippen LogP contribution in [0.15, 0.2) is 59.4 Å². The number of hydrogen-bond acceptors (Lipinski definition) is 3. The maximum atomic E-state index is 13.3. The van der Waals surface area contributed by atoms with Crippen molar-refractivity contribution in [2.75, 3.05) is 26.2 Å². The van der Waals surface area contributed by atoms with Crippen molar-refractivity contribution < 1.29 is 4.79 Å². The molecule has 1 saturated heterocycles. The Hall–Kier alpha value is -2.63. The summed E-state index contributed by atoms with van der Waals surface area (Å²) in [6.45, 7) is 3.92. The number of rotatable bonds is 3. The SMILES string of the molecule is Cn1c(=O)cc(C(=O)N2CCCN(Cc3ccc(Cl)cc3)CC2)c2ccccc21. The number of para-hydroxylation sites is 1. The van der Waals surface area contributed by atoms with Gasteiger partial charge in [0, 0.05) is 56.2 Å². The Bertz CT molecular complexity index is 1090. The molecule has 0 bridgehead atoms. The fourth-order valence-electron chi connectivity index (χ4n) is 3.94. The third-order valence-electron chi connectivity index (χ3n) is 5.58. The van der Waals surface area contributed by atoms with Crippen molar-refractivity contribution in [2.45, 2.75) is 13.0 Å². The number of halogens is 1. The molecule has 2 heterocycles. The lowest BCUT2D eigenvalue weighted by Gasteiger charge is -2.23. The van der Waals surface area contributed by atoms with Gasteiger partial charge in [0.25, 0.3) is 11.5 Å². The lowest BCUT2D eigenvalue weighted by Crippen LogP contribution is -2.36. The lowest BCUT2D eigenvalue weighted by atomic mass is 10.1. The van der Waals surface area contributed by atoms with Crippen LogP contribution in [0.1, 0.15) is 22.3 Å². The summed E-state index contributed by atoms with van der Waals surface area (Å²) in [6.07, 6.45) is 0.905. The first kappa shape index (κ1) is 19.7. The van der Waals surface area contributed by atoms with Gasteiger partial charge >= 0.3 is 0 Å². The van der Waals surface area contributed by atoms with Crippen LogP contribution in [-0.4, -0.2) is 46.5 Å². The summed E-state index contributed by atoms with van der Waals surface area (Å²) in [7, 11) is 1.74. The van der Waals surface area contributed by atoms with E-state index < -0.39 is 0 Å². The van der Waals surface area contributed by atoms with Gasteiger partial charge in [0.2, 0.25) is 0 Å². The molecule has 0 spiro atoms. The van der Waals surface area contributed by atoms with Crippen molar-refractivity contribution in [3.63, 3.8) is 0 Å². The Morgan fingerprint density at radius 2 is 1.76 bits per heavy atom. The van der Waals surface area contributed by atoms with E-state index in [1.807, 2.05) is 53.4 Å². The zero-order valence-corrected chi connectivity index (χ0v) is 17.2. The van der Waals surface area contributed by atoms with Crippen molar-refractivity contribution in [1.82, 2.24) is 14.4 Å². The van der Waals surface area contributed by atoms with E-state index in [9.17, 15) is 9.59 Å². The Labute approximate surface area is 175 Å². The number of carbonyl (C=O) groups excluding carboxylic acids is 1. The molecular formula is C23H24ClN3O2. The molecule has 4 rings (SSSR count). The average molecular weight is 410 g/mol. The number of nitrogens with zero attached hydrogens (tertiary/aromatic N) is 3. The normalized spacial score (nSPS) is 15.4. The molecule has 5 nitrogen and oxygen atoms in total. The maximum absolute atomic E-state index is 13.3. The van der Waals surface area contributed by atoms with E-state index in [2.05, 4.69) is 4.90 Å². The van der Waals surface area contributed by atoms with Gasteiger partial charge in [0.15, 0.2) is 0 Å². The summed E-state index contributed by atoms with van der Waals surface area (Å²) in [5.41, 5.74) is 2.33. The van der Waals surface area contributed by atoms with Gasteiger partial charge in [-0.3, -0.25) is 14.5 Å². The van der Waals surface area contributed by atoms with E-state index in [0.717, 1.165) is 42.0 Å². The average Bonchev–Trinajstić information content (AvgIpc) is 2.97. The third-order valence-corrected chi connectivity index (χ3v) is 5.83. The summed E-state index contributed by atoms with van der Waals surface area (Å²) < 4.78 is 1.59. The van der Waals surface area contributed by atoms with Gasteiger partial charge in [0.1, 0.15) is 0 Å². The van der Waals surface area contributed by atoms with Gasteiger partial charge in [-0.2, -0.15) is 0 Å². The first-order valence-corrected chi connectivity index (χ1v) is 10.3. The predicted molar refractivity (Wildman–Crippen MR) is 116 cm³/mol. The van der Waals surface area contributed by atoms with Crippen LogP contribution in [0, 0.1) is 0 Å². The van der Waals surface area contributed by atoms with Crippen LogP contribution in [0.3, 0.4) is 0 Å². The zero-order valence-electron chi connectivity index (χ0n) is 16.5. The van der Waals surface area contributed by atoms with Crippen molar-refractivity contribution in [3.8, 4) is 0 Å². The number of hydrogen-bond donors (Lipinski definition) is 0. The molecule has 3 aromatic rings. The van der Waals surface area contributed by atoms with Crippen LogP contribution in [0.2, 0.25) is 5.02 Å². The highest BCUT2D eigenvalue weighted by Gasteiger charge is 2.23. The van der Waals surface area contributed by atoms with Gasteiger partial charge in [-0.25, -0.2) is 0 Å². The third kappa shape index (κ3) is 4.21. The molecule has 0 N–H and O–H groups in total. The van der Waals surface area contributed by atoms with Crippen LogP contribution in [0.4, 0.5) is 0 Å². The molecule has 2 aromatic carbocycles. The molecule has 0 unspecified atom stereocenters. The molecule has 29 heavy (non-hydrogen) atoms. The molecule has 0 aliphatic carbocycles. The van der Waals surface area contributed by atoms with E-state index in [0.29, 0.717) is 18.7 Å². The Morgan fingerprint density at radius 3 is 2.55 bits per heavy atom. The number of benzene rings is 2. The quantitative estimate of drug-likeness (QED) is 0.664. The first-order chi connectivity index (χ1) is 14.0. The molecule has 1 fully saturated rings.